The fourth-order valence-corrected chi connectivity index (χ4v) is 5.49. The minimum Gasteiger partial charge on any atom is -0.0617 e. The van der Waals surface area contributed by atoms with Crippen molar-refractivity contribution in [3.05, 3.63) is 104 Å². The van der Waals surface area contributed by atoms with Crippen molar-refractivity contribution in [2.75, 3.05) is 0 Å². The Kier molecular flexibility index (Phi) is 13.7. The molecular weight excluding hydrogens is 468 g/mol. The van der Waals surface area contributed by atoms with E-state index in [9.17, 15) is 0 Å². The molecule has 0 saturated carbocycles. The van der Waals surface area contributed by atoms with E-state index in [1.54, 1.807) is 0 Å². The Hall–Kier alpha value is -2.34. The summed E-state index contributed by atoms with van der Waals surface area (Å²) in [4.78, 5) is 0. The molecule has 0 radical (unpaired) electrons. The van der Waals surface area contributed by atoms with E-state index in [1.165, 1.54) is 61.2 Å². The van der Waals surface area contributed by atoms with E-state index in [0.29, 0.717) is 29.6 Å². The summed E-state index contributed by atoms with van der Waals surface area (Å²) in [6.07, 6.45) is 0. The van der Waals surface area contributed by atoms with Gasteiger partial charge in [0.1, 0.15) is 0 Å². The Bertz CT molecular complexity index is 1110. The van der Waals surface area contributed by atoms with E-state index < -0.39 is 0 Å². The van der Waals surface area contributed by atoms with Crippen LogP contribution < -0.4 is 0 Å². The van der Waals surface area contributed by atoms with Crippen molar-refractivity contribution in [3.63, 3.8) is 0 Å². The summed E-state index contributed by atoms with van der Waals surface area (Å²) in [5.41, 5.74) is 16.1. The zero-order chi connectivity index (χ0) is 30.2. The highest BCUT2D eigenvalue weighted by Gasteiger charge is 2.13. The van der Waals surface area contributed by atoms with E-state index >= 15 is 0 Å². The fourth-order valence-electron chi connectivity index (χ4n) is 5.49. The minimum absolute atomic E-state index is 0.621. The van der Waals surface area contributed by atoms with Gasteiger partial charge in [0.05, 0.1) is 0 Å². The van der Waals surface area contributed by atoms with E-state index in [2.05, 4.69) is 153 Å². The third-order valence-electron chi connectivity index (χ3n) is 8.15. The van der Waals surface area contributed by atoms with Gasteiger partial charge in [0.15, 0.2) is 0 Å². The van der Waals surface area contributed by atoms with Crippen LogP contribution in [0.2, 0.25) is 0 Å². The maximum Gasteiger partial charge on any atom is -0.0216 e. The predicted octanol–water partition coefficient (Wildman–Crippen LogP) is 12.5. The maximum atomic E-state index is 2.40. The van der Waals surface area contributed by atoms with Gasteiger partial charge < -0.3 is 0 Å². The average molecular weight is 529 g/mol. The van der Waals surface area contributed by atoms with Crippen LogP contribution in [-0.2, 0) is 0 Å². The largest absolute Gasteiger partial charge is 0.0617 e. The van der Waals surface area contributed by atoms with E-state index in [0.717, 1.165) is 0 Å². The van der Waals surface area contributed by atoms with Gasteiger partial charge in [-0.1, -0.05) is 117 Å². The summed E-state index contributed by atoms with van der Waals surface area (Å²) in [6, 6.07) is 15.9. The van der Waals surface area contributed by atoms with Gasteiger partial charge in [0, 0.05) is 0 Å². The SMILES string of the molecule is Cc1c(C(C)C)cc(C(C)C)cc1C(C)C.Cc1c(C(C)C)cccc1C(C)C.Cc1cc(C)c(C)c(C)c1. The van der Waals surface area contributed by atoms with Crippen molar-refractivity contribution >= 4 is 0 Å². The van der Waals surface area contributed by atoms with Crippen molar-refractivity contribution in [3.8, 4) is 0 Å². The maximum absolute atomic E-state index is 2.40. The van der Waals surface area contributed by atoms with Gasteiger partial charge in [-0.25, -0.2) is 0 Å². The molecule has 0 heteroatoms. The molecule has 0 bridgehead atoms. The third kappa shape index (κ3) is 9.97. The van der Waals surface area contributed by atoms with Crippen LogP contribution in [0.15, 0.2) is 42.5 Å². The summed E-state index contributed by atoms with van der Waals surface area (Å²) in [6.45, 7) is 35.9. The van der Waals surface area contributed by atoms with Gasteiger partial charge in [0.2, 0.25) is 0 Å². The molecule has 0 nitrogen and oxygen atoms in total. The molecule has 3 aromatic carbocycles. The Labute approximate surface area is 243 Å². The first-order valence-electron chi connectivity index (χ1n) is 15.3. The number of benzene rings is 3. The molecule has 0 saturated heterocycles. The summed E-state index contributed by atoms with van der Waals surface area (Å²) < 4.78 is 0. The molecular formula is C39H60. The molecule has 0 heterocycles. The van der Waals surface area contributed by atoms with Gasteiger partial charge >= 0.3 is 0 Å². The van der Waals surface area contributed by atoms with Gasteiger partial charge in [-0.2, -0.15) is 0 Å². The summed E-state index contributed by atoms with van der Waals surface area (Å²) in [7, 11) is 0. The van der Waals surface area contributed by atoms with Crippen LogP contribution in [0.3, 0.4) is 0 Å². The molecule has 216 valence electrons. The molecule has 0 fully saturated rings. The summed E-state index contributed by atoms with van der Waals surface area (Å²) >= 11 is 0. The second-order valence-electron chi connectivity index (χ2n) is 13.2. The lowest BCUT2D eigenvalue weighted by molar-refractivity contribution is 0.792. The first-order chi connectivity index (χ1) is 18.0. The monoisotopic (exact) mass is 528 g/mol. The molecule has 3 rings (SSSR count). The molecule has 0 spiro atoms. The molecule has 0 amide bonds. The second-order valence-corrected chi connectivity index (χ2v) is 13.2. The number of rotatable bonds is 5. The first kappa shape index (κ1) is 34.7. The van der Waals surface area contributed by atoms with Crippen LogP contribution in [0.25, 0.3) is 0 Å². The summed E-state index contributed by atoms with van der Waals surface area (Å²) in [5.74, 6) is 3.14. The van der Waals surface area contributed by atoms with Crippen LogP contribution in [0.4, 0.5) is 0 Å². The van der Waals surface area contributed by atoms with Crippen molar-refractivity contribution in [1.29, 1.82) is 0 Å². The highest BCUT2D eigenvalue weighted by atomic mass is 14.2. The lowest BCUT2D eigenvalue weighted by Gasteiger charge is -2.20. The molecule has 0 aromatic heterocycles. The zero-order valence-corrected chi connectivity index (χ0v) is 28.4. The average Bonchev–Trinajstić information content (AvgIpc) is 2.82. The highest BCUT2D eigenvalue weighted by molar-refractivity contribution is 5.43. The standard InChI is InChI=1S/C16H26.C13H20.C10H14/c1-10(2)14-8-15(11(3)4)13(7)16(9-14)12(5)6;1-9(2)12-7-6-8-13(10(3)4)11(12)5;1-7-5-8(2)10(4)9(3)6-7/h8-12H,1-7H3;6-10H,1-5H3;5-6H,1-4H3. The number of hydrogen-bond donors (Lipinski definition) is 0. The minimum atomic E-state index is 0.621. The van der Waals surface area contributed by atoms with E-state index in [-0.39, 0.29) is 0 Å². The Morgan fingerprint density at radius 3 is 1.03 bits per heavy atom. The Morgan fingerprint density at radius 1 is 0.385 bits per heavy atom. The Balaban J connectivity index is 0.000000300. The zero-order valence-electron chi connectivity index (χ0n) is 28.4. The van der Waals surface area contributed by atoms with Crippen molar-refractivity contribution in [2.24, 2.45) is 0 Å². The predicted molar refractivity (Wildman–Crippen MR) is 178 cm³/mol. The van der Waals surface area contributed by atoms with Gasteiger partial charge in [-0.05, 0) is 127 Å². The summed E-state index contributed by atoms with van der Waals surface area (Å²) in [5, 5.41) is 0. The van der Waals surface area contributed by atoms with Crippen molar-refractivity contribution in [1.82, 2.24) is 0 Å². The van der Waals surface area contributed by atoms with Crippen LogP contribution >= 0.6 is 0 Å². The number of aryl methyl sites for hydroxylation is 3. The molecule has 0 aliphatic heterocycles. The smallest absolute Gasteiger partial charge is 0.0216 e. The second kappa shape index (κ2) is 15.4. The van der Waals surface area contributed by atoms with Crippen LogP contribution in [-0.4, -0.2) is 0 Å². The van der Waals surface area contributed by atoms with Gasteiger partial charge in [0.25, 0.3) is 0 Å². The molecule has 0 atom stereocenters. The van der Waals surface area contributed by atoms with Gasteiger partial charge in [-0.3, -0.25) is 0 Å². The van der Waals surface area contributed by atoms with E-state index in [1.807, 2.05) is 0 Å². The van der Waals surface area contributed by atoms with Crippen LogP contribution in [0, 0.1) is 41.5 Å². The normalized spacial score (nSPS) is 11.2. The van der Waals surface area contributed by atoms with Crippen molar-refractivity contribution in [2.45, 2.75) is 140 Å². The topological polar surface area (TPSA) is 0 Å². The lowest BCUT2D eigenvalue weighted by Crippen LogP contribution is -2.03. The molecule has 0 aliphatic rings. The van der Waals surface area contributed by atoms with Crippen LogP contribution in [0.5, 0.6) is 0 Å². The lowest BCUT2D eigenvalue weighted by atomic mass is 9.85. The number of hydrogen-bond acceptors (Lipinski definition) is 0. The molecule has 0 N–H and O–H groups in total. The third-order valence-corrected chi connectivity index (χ3v) is 8.15. The molecule has 0 aliphatic carbocycles. The van der Waals surface area contributed by atoms with E-state index in [4.69, 9.17) is 0 Å². The first-order valence-corrected chi connectivity index (χ1v) is 15.3. The van der Waals surface area contributed by atoms with Crippen molar-refractivity contribution < 1.29 is 0 Å². The van der Waals surface area contributed by atoms with Gasteiger partial charge in [-0.15, -0.1) is 0 Å². The molecule has 0 unspecified atom stereocenters. The Morgan fingerprint density at radius 2 is 0.718 bits per heavy atom. The fraction of sp³-hybridized carbons (Fsp3) is 0.538. The quantitative estimate of drug-likeness (QED) is 0.309. The molecule has 3 aromatic rings. The molecule has 39 heavy (non-hydrogen) atoms. The van der Waals surface area contributed by atoms with Crippen LogP contribution in [0.1, 0.15) is 160 Å². The highest BCUT2D eigenvalue weighted by Crippen LogP contribution is 2.31.